The maximum atomic E-state index is 12.4. The Balaban J connectivity index is 1.93. The molecule has 0 aliphatic carbocycles. The fourth-order valence-electron chi connectivity index (χ4n) is 3.07. The van der Waals surface area contributed by atoms with Crippen LogP contribution in [0.25, 0.3) is 16.5 Å². The smallest absolute Gasteiger partial charge is 0.237 e. The van der Waals surface area contributed by atoms with E-state index in [0.29, 0.717) is 11.3 Å². The first-order valence-electron chi connectivity index (χ1n) is 8.17. The van der Waals surface area contributed by atoms with Gasteiger partial charge in [0, 0.05) is 22.7 Å². The minimum absolute atomic E-state index is 0.508. The van der Waals surface area contributed by atoms with Crippen LogP contribution in [-0.2, 0) is 10.0 Å². The number of alkyl halides is 3. The van der Waals surface area contributed by atoms with E-state index in [0.717, 1.165) is 16.5 Å². The number of halogens is 3. The monoisotopic (exact) mass is 397 g/mol. The summed E-state index contributed by atoms with van der Waals surface area (Å²) in [6, 6.07) is 12.6. The summed E-state index contributed by atoms with van der Waals surface area (Å²) in [6.45, 7) is 3.24. The molecule has 0 radical (unpaired) electrons. The van der Waals surface area contributed by atoms with Gasteiger partial charge in [-0.25, -0.2) is 17.8 Å². The lowest BCUT2D eigenvalue weighted by Gasteiger charge is -2.16. The average Bonchev–Trinajstić information content (AvgIpc) is 2.93. The van der Waals surface area contributed by atoms with Crippen molar-refractivity contribution in [3.05, 3.63) is 59.9 Å². The van der Waals surface area contributed by atoms with Gasteiger partial charge in [-0.1, -0.05) is 36.4 Å². The molecular weight excluding hydrogens is 379 g/mol. The van der Waals surface area contributed by atoms with Gasteiger partial charge >= 0.3 is 6.18 Å². The summed E-state index contributed by atoms with van der Waals surface area (Å²) in [6.07, 6.45) is -3.33. The third-order valence-corrected chi connectivity index (χ3v) is 5.64. The molecule has 144 valence electrons. The van der Waals surface area contributed by atoms with E-state index in [1.54, 1.807) is 11.6 Å². The highest BCUT2D eigenvalue weighted by Gasteiger charge is 2.36. The number of hydrogen-bond donors (Lipinski definition) is 1. The van der Waals surface area contributed by atoms with Crippen molar-refractivity contribution in [2.24, 2.45) is 0 Å². The summed E-state index contributed by atoms with van der Waals surface area (Å²) in [5, 5.41) is 6.30. The normalized spacial score (nSPS) is 13.8. The number of hydrogen-bond acceptors (Lipinski definition) is 3. The van der Waals surface area contributed by atoms with Crippen LogP contribution < -0.4 is 4.72 Å². The zero-order valence-electron chi connectivity index (χ0n) is 14.7. The quantitative estimate of drug-likeness (QED) is 0.711. The van der Waals surface area contributed by atoms with E-state index in [4.69, 9.17) is 0 Å². The fourth-order valence-corrected chi connectivity index (χ4v) is 4.25. The number of nitrogens with one attached hydrogen (secondary N) is 1. The standard InChI is InChI=1S/C18H18F3N3O2S/c1-12(23-27(25,26)11-18(19,20)21)16-10-22-24(13(16)2)17-9-5-7-14-6-3-4-8-15(14)17/h3-10,12,23H,11H2,1-2H3/t12-/m0/s1. The van der Waals surface area contributed by atoms with Crippen LogP contribution in [0.1, 0.15) is 24.2 Å². The zero-order chi connectivity index (χ0) is 19.8. The van der Waals surface area contributed by atoms with E-state index >= 15 is 0 Å². The molecule has 5 nitrogen and oxygen atoms in total. The van der Waals surface area contributed by atoms with Crippen molar-refractivity contribution in [1.82, 2.24) is 14.5 Å². The Bertz CT molecular complexity index is 1070. The van der Waals surface area contributed by atoms with Crippen molar-refractivity contribution < 1.29 is 21.6 Å². The molecule has 0 saturated heterocycles. The predicted octanol–water partition coefficient (Wildman–Crippen LogP) is 3.88. The number of sulfonamides is 1. The van der Waals surface area contributed by atoms with Gasteiger partial charge < -0.3 is 0 Å². The molecule has 3 aromatic rings. The number of aromatic nitrogens is 2. The molecule has 9 heteroatoms. The second kappa shape index (κ2) is 6.97. The number of fused-ring (bicyclic) bond motifs is 1. The third-order valence-electron chi connectivity index (χ3n) is 4.22. The van der Waals surface area contributed by atoms with Gasteiger partial charge in [0.05, 0.1) is 11.9 Å². The minimum Gasteiger partial charge on any atom is -0.237 e. The van der Waals surface area contributed by atoms with Crippen molar-refractivity contribution in [1.29, 1.82) is 0 Å². The van der Waals surface area contributed by atoms with E-state index < -0.39 is 28.0 Å². The SMILES string of the molecule is Cc1c([C@H](C)NS(=O)(=O)CC(F)(F)F)cnn1-c1cccc2ccccc12. The Hall–Kier alpha value is -2.39. The lowest BCUT2D eigenvalue weighted by Crippen LogP contribution is -2.35. The Morgan fingerprint density at radius 2 is 1.81 bits per heavy atom. The van der Waals surface area contributed by atoms with E-state index in [-0.39, 0.29) is 0 Å². The van der Waals surface area contributed by atoms with Gasteiger partial charge in [0.1, 0.15) is 0 Å². The molecule has 0 bridgehead atoms. The molecule has 1 atom stereocenters. The summed E-state index contributed by atoms with van der Waals surface area (Å²) in [5.74, 6) is -1.92. The second-order valence-electron chi connectivity index (χ2n) is 6.31. The van der Waals surface area contributed by atoms with Gasteiger partial charge in [-0.05, 0) is 25.3 Å². The first-order valence-corrected chi connectivity index (χ1v) is 9.82. The molecule has 1 aromatic heterocycles. The molecule has 0 unspecified atom stereocenters. The molecule has 0 fully saturated rings. The summed E-state index contributed by atoms with van der Waals surface area (Å²) < 4.78 is 64.5. The van der Waals surface area contributed by atoms with Gasteiger partial charge in [-0.3, -0.25) is 0 Å². The first kappa shape index (κ1) is 19.4. The van der Waals surface area contributed by atoms with Crippen LogP contribution >= 0.6 is 0 Å². The molecule has 0 saturated carbocycles. The summed E-state index contributed by atoms with van der Waals surface area (Å²) in [4.78, 5) is 0. The summed E-state index contributed by atoms with van der Waals surface area (Å²) in [5.41, 5.74) is 1.96. The lowest BCUT2D eigenvalue weighted by atomic mass is 10.1. The van der Waals surface area contributed by atoms with Crippen LogP contribution in [0.2, 0.25) is 0 Å². The van der Waals surface area contributed by atoms with Gasteiger partial charge in [-0.2, -0.15) is 18.3 Å². The van der Waals surface area contributed by atoms with E-state index in [2.05, 4.69) is 9.82 Å². The third kappa shape index (κ3) is 4.30. The van der Waals surface area contributed by atoms with Gasteiger partial charge in [0.2, 0.25) is 10.0 Å². The largest absolute Gasteiger partial charge is 0.404 e. The Morgan fingerprint density at radius 1 is 1.15 bits per heavy atom. The molecular formula is C18H18F3N3O2S. The van der Waals surface area contributed by atoms with Crippen LogP contribution in [0.5, 0.6) is 0 Å². The van der Waals surface area contributed by atoms with E-state index in [1.807, 2.05) is 42.5 Å². The molecule has 0 amide bonds. The zero-order valence-corrected chi connectivity index (χ0v) is 15.5. The number of nitrogens with zero attached hydrogens (tertiary/aromatic N) is 2. The highest BCUT2D eigenvalue weighted by Crippen LogP contribution is 2.26. The highest BCUT2D eigenvalue weighted by atomic mass is 32.2. The van der Waals surface area contributed by atoms with Crippen LogP contribution in [0.3, 0.4) is 0 Å². The topological polar surface area (TPSA) is 64.0 Å². The molecule has 0 aliphatic rings. The van der Waals surface area contributed by atoms with Crippen LogP contribution in [0.15, 0.2) is 48.7 Å². The molecule has 27 heavy (non-hydrogen) atoms. The Labute approximate surface area is 154 Å². The molecule has 0 spiro atoms. The van der Waals surface area contributed by atoms with Crippen LogP contribution in [0.4, 0.5) is 13.2 Å². The van der Waals surface area contributed by atoms with Crippen molar-refractivity contribution >= 4 is 20.8 Å². The number of benzene rings is 2. The lowest BCUT2D eigenvalue weighted by molar-refractivity contribution is -0.106. The van der Waals surface area contributed by atoms with Crippen molar-refractivity contribution in [3.63, 3.8) is 0 Å². The molecule has 1 heterocycles. The molecule has 3 rings (SSSR count). The van der Waals surface area contributed by atoms with Gasteiger partial charge in [-0.15, -0.1) is 0 Å². The first-order chi connectivity index (χ1) is 12.6. The van der Waals surface area contributed by atoms with E-state index in [1.165, 1.54) is 13.1 Å². The Kier molecular flexibility index (Phi) is 5.00. The van der Waals surface area contributed by atoms with Crippen LogP contribution in [0, 0.1) is 6.92 Å². The average molecular weight is 397 g/mol. The molecule has 1 N–H and O–H groups in total. The fraction of sp³-hybridized carbons (Fsp3) is 0.278. The molecule has 0 aliphatic heterocycles. The van der Waals surface area contributed by atoms with Crippen molar-refractivity contribution in [3.8, 4) is 5.69 Å². The van der Waals surface area contributed by atoms with Crippen molar-refractivity contribution in [2.45, 2.75) is 26.1 Å². The second-order valence-corrected chi connectivity index (χ2v) is 8.06. The van der Waals surface area contributed by atoms with Gasteiger partial charge in [0.25, 0.3) is 0 Å². The van der Waals surface area contributed by atoms with Gasteiger partial charge in [0.15, 0.2) is 5.75 Å². The highest BCUT2D eigenvalue weighted by molar-refractivity contribution is 7.89. The van der Waals surface area contributed by atoms with Crippen molar-refractivity contribution in [2.75, 3.05) is 5.75 Å². The maximum absolute atomic E-state index is 12.4. The Morgan fingerprint density at radius 3 is 2.52 bits per heavy atom. The van der Waals surface area contributed by atoms with Crippen LogP contribution in [-0.4, -0.2) is 30.1 Å². The molecule has 2 aromatic carbocycles. The predicted molar refractivity (Wildman–Crippen MR) is 97.2 cm³/mol. The van der Waals surface area contributed by atoms with E-state index in [9.17, 15) is 21.6 Å². The summed E-state index contributed by atoms with van der Waals surface area (Å²) in [7, 11) is -4.51. The number of rotatable bonds is 5. The minimum atomic E-state index is -4.80. The summed E-state index contributed by atoms with van der Waals surface area (Å²) >= 11 is 0. The maximum Gasteiger partial charge on any atom is 0.404 e.